The lowest BCUT2D eigenvalue weighted by atomic mass is 9.87. The van der Waals surface area contributed by atoms with E-state index in [-0.39, 0.29) is 12.0 Å². The number of carbonyl (C=O) groups is 1. The van der Waals surface area contributed by atoms with Gasteiger partial charge in [0.05, 0.1) is 25.4 Å². The minimum absolute atomic E-state index is 0.236. The molecule has 2 aromatic rings. The van der Waals surface area contributed by atoms with Gasteiger partial charge in [-0.1, -0.05) is 19.1 Å². The molecule has 3 heterocycles. The lowest BCUT2D eigenvalue weighted by Gasteiger charge is -2.39. The van der Waals surface area contributed by atoms with Gasteiger partial charge in [-0.2, -0.15) is 4.98 Å². The Hall–Kier alpha value is -3.07. The van der Waals surface area contributed by atoms with Gasteiger partial charge < -0.3 is 29.3 Å². The summed E-state index contributed by atoms with van der Waals surface area (Å²) in [7, 11) is 0. The summed E-state index contributed by atoms with van der Waals surface area (Å²) in [6, 6.07) is 8.90. The molecule has 0 spiro atoms. The summed E-state index contributed by atoms with van der Waals surface area (Å²) in [4.78, 5) is 25.9. The molecule has 0 bridgehead atoms. The van der Waals surface area contributed by atoms with Crippen molar-refractivity contribution in [2.75, 3.05) is 56.2 Å². The van der Waals surface area contributed by atoms with Crippen LogP contribution in [0.1, 0.15) is 53.4 Å². The number of hydrogen-bond donors (Lipinski definition) is 1. The number of nitrogens with zero attached hydrogens (tertiary/aromatic N) is 4. The molecule has 1 saturated carbocycles. The molecule has 1 aliphatic carbocycles. The molecule has 9 nitrogen and oxygen atoms in total. The fraction of sp³-hybridized carbons (Fsp3) is 0.633. The Labute approximate surface area is 232 Å². The zero-order valence-electron chi connectivity index (χ0n) is 23.8. The third-order valence-corrected chi connectivity index (χ3v) is 7.72. The van der Waals surface area contributed by atoms with Crippen LogP contribution in [0, 0.1) is 11.8 Å². The summed E-state index contributed by atoms with van der Waals surface area (Å²) in [5, 5.41) is 3.54. The first-order chi connectivity index (χ1) is 18.7. The Balaban J connectivity index is 1.27. The van der Waals surface area contributed by atoms with Crippen molar-refractivity contribution in [3.63, 3.8) is 0 Å². The van der Waals surface area contributed by atoms with Gasteiger partial charge in [0.1, 0.15) is 5.60 Å². The van der Waals surface area contributed by atoms with Crippen molar-refractivity contribution in [3.05, 3.63) is 30.5 Å². The maximum atomic E-state index is 12.3. The first kappa shape index (κ1) is 27.5. The van der Waals surface area contributed by atoms with Crippen molar-refractivity contribution < 1.29 is 19.0 Å². The number of hydrogen-bond acceptors (Lipinski definition) is 8. The van der Waals surface area contributed by atoms with Crippen LogP contribution in [0.4, 0.5) is 16.4 Å². The smallest absolute Gasteiger partial charge is 0.410 e. The predicted molar refractivity (Wildman–Crippen MR) is 152 cm³/mol. The Kier molecular flexibility index (Phi) is 8.45. The van der Waals surface area contributed by atoms with Crippen molar-refractivity contribution in [2.45, 2.75) is 65.0 Å². The minimum atomic E-state index is -0.494. The Bertz CT molecular complexity index is 1100. The van der Waals surface area contributed by atoms with Gasteiger partial charge in [0, 0.05) is 50.0 Å². The van der Waals surface area contributed by atoms with E-state index in [4.69, 9.17) is 19.2 Å². The lowest BCUT2D eigenvalue weighted by molar-refractivity contribution is -0.00803. The van der Waals surface area contributed by atoms with E-state index in [1.807, 2.05) is 27.0 Å². The van der Waals surface area contributed by atoms with Crippen LogP contribution in [-0.4, -0.2) is 78.6 Å². The van der Waals surface area contributed by atoms with Crippen LogP contribution in [0.25, 0.3) is 11.1 Å². The number of ether oxygens (including phenoxy) is 3. The van der Waals surface area contributed by atoms with E-state index in [1.165, 1.54) is 18.5 Å². The molecule has 1 aromatic carbocycles. The number of amides is 1. The van der Waals surface area contributed by atoms with E-state index in [2.05, 4.69) is 46.4 Å². The zero-order chi connectivity index (χ0) is 27.4. The fourth-order valence-corrected chi connectivity index (χ4v) is 5.35. The van der Waals surface area contributed by atoms with Crippen LogP contribution in [0.5, 0.6) is 5.88 Å². The van der Waals surface area contributed by atoms with Gasteiger partial charge >= 0.3 is 6.09 Å². The van der Waals surface area contributed by atoms with E-state index >= 15 is 0 Å². The molecule has 2 aliphatic heterocycles. The number of nitrogens with one attached hydrogen (secondary N) is 1. The molecule has 1 aromatic heterocycles. The van der Waals surface area contributed by atoms with E-state index in [1.54, 1.807) is 4.90 Å². The van der Waals surface area contributed by atoms with Gasteiger partial charge in [0.2, 0.25) is 11.8 Å². The van der Waals surface area contributed by atoms with Crippen molar-refractivity contribution in [3.8, 4) is 17.0 Å². The molecule has 0 unspecified atom stereocenters. The van der Waals surface area contributed by atoms with Crippen LogP contribution in [0.15, 0.2) is 30.5 Å². The second kappa shape index (κ2) is 12.0. The molecule has 1 amide bonds. The molecule has 39 heavy (non-hydrogen) atoms. The quantitative estimate of drug-likeness (QED) is 0.515. The summed E-state index contributed by atoms with van der Waals surface area (Å²) in [6.07, 6.45) is 6.32. The highest BCUT2D eigenvalue weighted by molar-refractivity contribution is 5.71. The highest BCUT2D eigenvalue weighted by atomic mass is 16.6. The summed E-state index contributed by atoms with van der Waals surface area (Å²) >= 11 is 0. The van der Waals surface area contributed by atoms with Crippen molar-refractivity contribution in [1.82, 2.24) is 14.9 Å². The summed E-state index contributed by atoms with van der Waals surface area (Å²) < 4.78 is 17.3. The third kappa shape index (κ3) is 7.32. The van der Waals surface area contributed by atoms with E-state index in [9.17, 15) is 4.79 Å². The number of benzene rings is 1. The molecule has 1 N–H and O–H groups in total. The standard InChI is InChI=1S/C30H43N5O4/c1-21-5-9-24(10-6-21)32-28-31-17-26(23-7-11-25(12-8-23)34-13-15-37-16-14-34)27(33-28)38-20-22-18-35(19-22)29(36)39-30(2,3)4/h7-8,11-12,17,21-22,24H,5-6,9-10,13-16,18-20H2,1-4H3,(H,31,32,33)/t21-,24+. The second-order valence-corrected chi connectivity index (χ2v) is 12.2. The average Bonchev–Trinajstić information content (AvgIpc) is 2.89. The molecule has 9 heteroatoms. The van der Waals surface area contributed by atoms with Gasteiger partial charge in [-0.05, 0) is 70.1 Å². The Morgan fingerprint density at radius 1 is 1.08 bits per heavy atom. The number of rotatable bonds is 7. The predicted octanol–water partition coefficient (Wildman–Crippen LogP) is 5.22. The molecular formula is C30H43N5O4. The van der Waals surface area contributed by atoms with Crippen LogP contribution in [0.3, 0.4) is 0 Å². The summed E-state index contributed by atoms with van der Waals surface area (Å²) in [5.74, 6) is 2.21. The second-order valence-electron chi connectivity index (χ2n) is 12.2. The number of carbonyl (C=O) groups excluding carboxylic acids is 1. The van der Waals surface area contributed by atoms with Crippen LogP contribution in [-0.2, 0) is 9.47 Å². The number of anilines is 2. The van der Waals surface area contributed by atoms with Crippen LogP contribution < -0.4 is 15.0 Å². The van der Waals surface area contributed by atoms with Gasteiger partial charge in [0.25, 0.3) is 0 Å². The van der Waals surface area contributed by atoms with Crippen molar-refractivity contribution in [1.29, 1.82) is 0 Å². The summed E-state index contributed by atoms with van der Waals surface area (Å²) in [6.45, 7) is 13.0. The van der Waals surface area contributed by atoms with Gasteiger partial charge in [-0.15, -0.1) is 0 Å². The van der Waals surface area contributed by atoms with Crippen molar-refractivity contribution in [2.24, 2.45) is 11.8 Å². The zero-order valence-corrected chi connectivity index (χ0v) is 23.8. The minimum Gasteiger partial charge on any atom is -0.477 e. The first-order valence-electron chi connectivity index (χ1n) is 14.4. The molecule has 0 radical (unpaired) electrons. The average molecular weight is 538 g/mol. The highest BCUT2D eigenvalue weighted by Crippen LogP contribution is 2.32. The Morgan fingerprint density at radius 3 is 2.44 bits per heavy atom. The first-order valence-corrected chi connectivity index (χ1v) is 14.4. The van der Waals surface area contributed by atoms with Gasteiger partial charge in [-0.25, -0.2) is 9.78 Å². The highest BCUT2D eigenvalue weighted by Gasteiger charge is 2.34. The number of morpholine rings is 1. The molecule has 212 valence electrons. The third-order valence-electron chi connectivity index (χ3n) is 7.72. The van der Waals surface area contributed by atoms with E-state index < -0.39 is 5.60 Å². The molecule has 5 rings (SSSR count). The number of likely N-dealkylation sites (tertiary alicyclic amines) is 1. The maximum Gasteiger partial charge on any atom is 0.410 e. The molecule has 3 aliphatic rings. The molecular weight excluding hydrogens is 494 g/mol. The SMILES string of the molecule is CC(C)(C)OC(=O)N1CC(COc2nc(N[C@H]3CC[C@@H](C)CC3)ncc2-c2ccc(N3CCOCC3)cc2)C1. The Morgan fingerprint density at radius 2 is 1.77 bits per heavy atom. The molecule has 0 atom stereocenters. The van der Waals surface area contributed by atoms with E-state index in [0.29, 0.717) is 37.6 Å². The topological polar surface area (TPSA) is 89.0 Å². The molecule has 2 saturated heterocycles. The monoisotopic (exact) mass is 537 g/mol. The lowest BCUT2D eigenvalue weighted by Crippen LogP contribution is -2.53. The number of aromatic nitrogens is 2. The van der Waals surface area contributed by atoms with Crippen LogP contribution in [0.2, 0.25) is 0 Å². The largest absolute Gasteiger partial charge is 0.477 e. The van der Waals surface area contributed by atoms with E-state index in [0.717, 1.165) is 56.2 Å². The fourth-order valence-electron chi connectivity index (χ4n) is 5.35. The van der Waals surface area contributed by atoms with Gasteiger partial charge in [-0.3, -0.25) is 0 Å². The van der Waals surface area contributed by atoms with Gasteiger partial charge in [0.15, 0.2) is 0 Å². The maximum absolute atomic E-state index is 12.3. The van der Waals surface area contributed by atoms with Crippen LogP contribution >= 0.6 is 0 Å². The van der Waals surface area contributed by atoms with Crippen molar-refractivity contribution >= 4 is 17.7 Å². The summed E-state index contributed by atoms with van der Waals surface area (Å²) in [5.41, 5.74) is 2.58. The normalized spacial score (nSPS) is 22.3. The molecule has 3 fully saturated rings.